The number of imidazole rings is 1. The van der Waals surface area contributed by atoms with E-state index >= 15 is 0 Å². The summed E-state index contributed by atoms with van der Waals surface area (Å²) < 4.78 is 0. The van der Waals surface area contributed by atoms with Crippen molar-refractivity contribution < 1.29 is 4.79 Å². The largest absolute Gasteiger partial charge is 0.341 e. The van der Waals surface area contributed by atoms with Crippen LogP contribution in [0.1, 0.15) is 5.82 Å². The molecule has 0 aliphatic heterocycles. The van der Waals surface area contributed by atoms with E-state index in [2.05, 4.69) is 25.5 Å². The summed E-state index contributed by atoms with van der Waals surface area (Å²) >= 11 is 1.51. The van der Waals surface area contributed by atoms with E-state index in [1.165, 1.54) is 11.8 Å². The fourth-order valence-electron chi connectivity index (χ4n) is 1.83. The van der Waals surface area contributed by atoms with Crippen LogP contribution in [0, 0.1) is 0 Å². The molecule has 0 saturated heterocycles. The maximum Gasteiger partial charge on any atom is 0.235 e. The van der Waals surface area contributed by atoms with Crippen LogP contribution in [0.3, 0.4) is 0 Å². The maximum atomic E-state index is 11.7. The molecule has 0 bridgehead atoms. The molecule has 1 amide bonds. The van der Waals surface area contributed by atoms with E-state index in [4.69, 9.17) is 0 Å². The summed E-state index contributed by atoms with van der Waals surface area (Å²) in [5.74, 6) is 2.47. The Kier molecular flexibility index (Phi) is 3.69. The molecule has 0 aliphatic rings. The number of amides is 1. The Morgan fingerprint density at radius 1 is 1.30 bits per heavy atom. The molecular weight excluding hydrogens is 274 g/mol. The third kappa shape index (κ3) is 3.00. The number of nitrogens with zero attached hydrogens (tertiary/aromatic N) is 2. The molecule has 6 nitrogen and oxygen atoms in total. The second-order valence-electron chi connectivity index (χ2n) is 4.21. The van der Waals surface area contributed by atoms with Crippen molar-refractivity contribution in [3.05, 3.63) is 42.4 Å². The van der Waals surface area contributed by atoms with Gasteiger partial charge in [0.05, 0.1) is 28.7 Å². The molecule has 0 unspecified atom stereocenters. The Labute approximate surface area is 119 Å². The molecule has 3 aromatic rings. The normalized spacial score (nSPS) is 10.8. The number of nitrogens with one attached hydrogen (secondary N) is 3. The monoisotopic (exact) mass is 287 g/mol. The Morgan fingerprint density at radius 2 is 2.20 bits per heavy atom. The van der Waals surface area contributed by atoms with Crippen LogP contribution in [0.5, 0.6) is 0 Å². The highest BCUT2D eigenvalue weighted by molar-refractivity contribution is 7.99. The lowest BCUT2D eigenvalue weighted by Gasteiger charge is -2.01. The zero-order valence-corrected chi connectivity index (χ0v) is 11.4. The molecule has 2 aromatic heterocycles. The van der Waals surface area contributed by atoms with Gasteiger partial charge in [0, 0.05) is 6.07 Å². The third-order valence-corrected chi connectivity index (χ3v) is 3.63. The summed E-state index contributed by atoms with van der Waals surface area (Å²) in [6.45, 7) is 0. The van der Waals surface area contributed by atoms with Gasteiger partial charge in [-0.15, -0.1) is 11.8 Å². The van der Waals surface area contributed by atoms with Crippen LogP contribution < -0.4 is 5.32 Å². The molecule has 0 radical (unpaired) electrons. The summed E-state index contributed by atoms with van der Waals surface area (Å²) in [4.78, 5) is 19.4. The quantitative estimate of drug-likeness (QED) is 0.671. The first kappa shape index (κ1) is 12.7. The molecule has 0 fully saturated rings. The van der Waals surface area contributed by atoms with Gasteiger partial charge in [-0.1, -0.05) is 12.1 Å². The fourth-order valence-corrected chi connectivity index (χ4v) is 2.52. The van der Waals surface area contributed by atoms with Gasteiger partial charge in [0.25, 0.3) is 0 Å². The molecule has 3 N–H and O–H groups in total. The Bertz CT molecular complexity index is 673. The molecule has 0 saturated carbocycles. The van der Waals surface area contributed by atoms with Crippen LogP contribution in [0.2, 0.25) is 0 Å². The first-order valence-electron chi connectivity index (χ1n) is 6.12. The first-order chi connectivity index (χ1) is 9.81. The van der Waals surface area contributed by atoms with Gasteiger partial charge in [-0.05, 0) is 12.1 Å². The lowest BCUT2D eigenvalue weighted by atomic mass is 10.3. The van der Waals surface area contributed by atoms with Gasteiger partial charge in [0.1, 0.15) is 11.6 Å². The van der Waals surface area contributed by atoms with Crippen molar-refractivity contribution in [1.29, 1.82) is 0 Å². The number of carbonyl (C=O) groups excluding carboxylic acids is 1. The predicted molar refractivity (Wildman–Crippen MR) is 79.5 cm³/mol. The summed E-state index contributed by atoms with van der Waals surface area (Å²) in [7, 11) is 0. The van der Waals surface area contributed by atoms with Crippen molar-refractivity contribution in [2.45, 2.75) is 5.75 Å². The van der Waals surface area contributed by atoms with Crippen molar-refractivity contribution in [2.24, 2.45) is 0 Å². The molecule has 3 rings (SSSR count). The van der Waals surface area contributed by atoms with Gasteiger partial charge in [-0.2, -0.15) is 5.10 Å². The second kappa shape index (κ2) is 5.79. The second-order valence-corrected chi connectivity index (χ2v) is 5.20. The molecule has 1 aromatic carbocycles. The van der Waals surface area contributed by atoms with Crippen molar-refractivity contribution in [1.82, 2.24) is 20.2 Å². The number of hydrogen-bond acceptors (Lipinski definition) is 4. The number of carbonyl (C=O) groups is 1. The van der Waals surface area contributed by atoms with E-state index in [0.717, 1.165) is 16.9 Å². The zero-order chi connectivity index (χ0) is 13.8. The van der Waals surface area contributed by atoms with Crippen LogP contribution in [-0.2, 0) is 10.5 Å². The Morgan fingerprint density at radius 3 is 3.00 bits per heavy atom. The molecule has 7 heteroatoms. The lowest BCUT2D eigenvalue weighted by Crippen LogP contribution is -2.14. The first-order valence-corrected chi connectivity index (χ1v) is 7.27. The van der Waals surface area contributed by atoms with Crippen molar-refractivity contribution in [3.8, 4) is 0 Å². The van der Waals surface area contributed by atoms with E-state index in [-0.39, 0.29) is 5.91 Å². The van der Waals surface area contributed by atoms with E-state index < -0.39 is 0 Å². The number of fused-ring (bicyclic) bond motifs is 1. The Balaban J connectivity index is 1.51. The van der Waals surface area contributed by atoms with Gasteiger partial charge < -0.3 is 10.3 Å². The summed E-state index contributed by atoms with van der Waals surface area (Å²) in [5.41, 5.74) is 1.97. The lowest BCUT2D eigenvalue weighted by molar-refractivity contribution is -0.113. The number of H-pyrrole nitrogens is 2. The van der Waals surface area contributed by atoms with E-state index in [0.29, 0.717) is 17.3 Å². The molecular formula is C13H13N5OS. The molecule has 0 atom stereocenters. The number of aromatic amines is 2. The average Bonchev–Trinajstić information content (AvgIpc) is 3.07. The zero-order valence-electron chi connectivity index (χ0n) is 10.6. The minimum atomic E-state index is -0.0599. The molecule has 2 heterocycles. The van der Waals surface area contributed by atoms with Crippen LogP contribution in [0.4, 0.5) is 5.82 Å². The minimum absolute atomic E-state index is 0.0599. The number of para-hydroxylation sites is 2. The highest BCUT2D eigenvalue weighted by Gasteiger charge is 2.06. The summed E-state index contributed by atoms with van der Waals surface area (Å²) in [6.07, 6.45) is 1.59. The highest BCUT2D eigenvalue weighted by atomic mass is 32.2. The molecule has 20 heavy (non-hydrogen) atoms. The Hall–Kier alpha value is -2.28. The van der Waals surface area contributed by atoms with Crippen molar-refractivity contribution >= 4 is 34.5 Å². The number of rotatable bonds is 5. The maximum absolute atomic E-state index is 11.7. The molecule has 102 valence electrons. The van der Waals surface area contributed by atoms with Crippen molar-refractivity contribution in [2.75, 3.05) is 11.1 Å². The average molecular weight is 287 g/mol. The SMILES string of the molecule is O=C(CSCc1nc2ccccc2[nH]1)Nc1ccn[nH]1. The topological polar surface area (TPSA) is 86.5 Å². The van der Waals surface area contributed by atoms with Gasteiger partial charge in [0.15, 0.2) is 0 Å². The molecule has 0 spiro atoms. The van der Waals surface area contributed by atoms with Gasteiger partial charge in [0.2, 0.25) is 5.91 Å². The van der Waals surface area contributed by atoms with Crippen LogP contribution >= 0.6 is 11.8 Å². The van der Waals surface area contributed by atoms with E-state index in [1.807, 2.05) is 24.3 Å². The highest BCUT2D eigenvalue weighted by Crippen LogP contribution is 2.15. The summed E-state index contributed by atoms with van der Waals surface area (Å²) in [5, 5.41) is 9.18. The molecule has 0 aliphatic carbocycles. The van der Waals surface area contributed by atoms with E-state index in [9.17, 15) is 4.79 Å². The third-order valence-electron chi connectivity index (χ3n) is 2.69. The number of aromatic nitrogens is 4. The van der Waals surface area contributed by atoms with Gasteiger partial charge >= 0.3 is 0 Å². The van der Waals surface area contributed by atoms with Gasteiger partial charge in [-0.25, -0.2) is 4.98 Å². The van der Waals surface area contributed by atoms with Crippen molar-refractivity contribution in [3.63, 3.8) is 0 Å². The summed E-state index contributed by atoms with van der Waals surface area (Å²) in [6, 6.07) is 9.58. The standard InChI is InChI=1S/C13H13N5OS/c19-13(17-11-5-6-14-18-11)8-20-7-12-15-9-3-1-2-4-10(9)16-12/h1-6H,7-8H2,(H,15,16)(H2,14,17,18,19). The smallest absolute Gasteiger partial charge is 0.235 e. The number of thioether (sulfide) groups is 1. The van der Waals surface area contributed by atoms with Crippen LogP contribution in [0.25, 0.3) is 11.0 Å². The van der Waals surface area contributed by atoms with Gasteiger partial charge in [-0.3, -0.25) is 9.89 Å². The fraction of sp³-hybridized carbons (Fsp3) is 0.154. The number of anilines is 1. The predicted octanol–water partition coefficient (Wildman–Crippen LogP) is 2.16. The minimum Gasteiger partial charge on any atom is -0.341 e. The van der Waals surface area contributed by atoms with E-state index in [1.54, 1.807) is 12.3 Å². The number of benzene rings is 1. The van der Waals surface area contributed by atoms with Crippen LogP contribution in [-0.4, -0.2) is 31.8 Å². The number of hydrogen-bond donors (Lipinski definition) is 3. The van der Waals surface area contributed by atoms with Crippen LogP contribution in [0.15, 0.2) is 36.5 Å².